The van der Waals surface area contributed by atoms with Crippen LogP contribution in [0.2, 0.25) is 0 Å². The number of nitrogens with zero attached hydrogens (tertiary/aromatic N) is 5. The van der Waals surface area contributed by atoms with Crippen molar-refractivity contribution in [1.82, 2.24) is 40.6 Å². The van der Waals surface area contributed by atoms with Gasteiger partial charge in [0.05, 0.1) is 30.7 Å². The average Bonchev–Trinajstić information content (AvgIpc) is 1.64. The fraction of sp³-hybridized carbons (Fsp3) is 0.432. The van der Waals surface area contributed by atoms with Crippen molar-refractivity contribution in [2.75, 3.05) is 79.7 Å². The van der Waals surface area contributed by atoms with Crippen molar-refractivity contribution in [3.8, 4) is 11.5 Å². The Hall–Kier alpha value is -8.54. The third-order valence-corrected chi connectivity index (χ3v) is 18.3. The van der Waals surface area contributed by atoms with E-state index in [1.54, 1.807) is 36.3 Å². The number of aryl methyl sites for hydroxylation is 4. The number of aliphatic hydroxyl groups excluding tert-OH is 1. The van der Waals surface area contributed by atoms with E-state index in [9.17, 15) is 24.3 Å². The molecule has 0 aliphatic carbocycles. The van der Waals surface area contributed by atoms with Crippen molar-refractivity contribution in [1.29, 1.82) is 0 Å². The zero-order valence-corrected chi connectivity index (χ0v) is 56.4. The Morgan fingerprint density at radius 3 is 1.33 bits per heavy atom. The molecule has 6 aromatic carbocycles. The largest absolute Gasteiger partial charge is 0.490 e. The number of hydrogen-bond acceptors (Lipinski definition) is 12. The Morgan fingerprint density at radius 2 is 0.928 bits per heavy atom. The van der Waals surface area contributed by atoms with E-state index in [1.807, 2.05) is 84.9 Å². The van der Waals surface area contributed by atoms with Crippen LogP contribution in [-0.2, 0) is 49.6 Å². The Labute approximate surface area is 575 Å². The van der Waals surface area contributed by atoms with Crippen LogP contribution < -0.4 is 25.4 Å². The highest BCUT2D eigenvalue weighted by atomic mass is 16.6. The molecular weight excluding hydrogens is 1210 g/mol. The van der Waals surface area contributed by atoms with Gasteiger partial charge in [-0.1, -0.05) is 141 Å². The molecule has 0 bridgehead atoms. The van der Waals surface area contributed by atoms with Crippen molar-refractivity contribution in [2.24, 2.45) is 11.8 Å². The molecule has 16 nitrogen and oxygen atoms in total. The molecule has 11 rings (SSSR count). The van der Waals surface area contributed by atoms with Gasteiger partial charge in [0, 0.05) is 67.7 Å². The minimum atomic E-state index is -0.649. The Kier molecular flexibility index (Phi) is 31.3. The zero-order valence-electron chi connectivity index (χ0n) is 56.4. The number of rotatable bonds is 32. The minimum absolute atomic E-state index is 0. The predicted octanol–water partition coefficient (Wildman–Crippen LogP) is 12.3. The number of carbonyl (C=O) groups excluding carboxylic acids is 4. The third kappa shape index (κ3) is 26.1. The van der Waals surface area contributed by atoms with E-state index in [4.69, 9.17) is 14.2 Å². The SMILES string of the molecule is C.CN(CC(=O)NC(CCCc1ccccc1)CCCc1ccccc1)C(=O)C1CCN(C[C@@H](O)COc2cccc3ncccc23)CC1.CN(CC(=O)NC(CCCc1ccccc1)CCCc1ccccc1)C(=O)C1CCNCC1.c1cc(OC[C@H]2CO2)c2cccnc2c1. The van der Waals surface area contributed by atoms with Gasteiger partial charge >= 0.3 is 0 Å². The van der Waals surface area contributed by atoms with Gasteiger partial charge in [0.1, 0.15) is 36.9 Å². The normalized spacial score (nSPS) is 15.0. The molecule has 3 aliphatic heterocycles. The van der Waals surface area contributed by atoms with Gasteiger partial charge in [-0.3, -0.25) is 29.1 Å². The quantitative estimate of drug-likeness (QED) is 0.0292. The smallest absolute Gasteiger partial charge is 0.239 e. The number of benzene rings is 6. The summed E-state index contributed by atoms with van der Waals surface area (Å²) in [5.41, 5.74) is 7.11. The molecule has 3 fully saturated rings. The second-order valence-electron chi connectivity index (χ2n) is 25.9. The van der Waals surface area contributed by atoms with Gasteiger partial charge in [-0.05, 0) is 200 Å². The number of epoxide rings is 1. The monoisotopic (exact) mass is 1320 g/mol. The van der Waals surface area contributed by atoms with Crippen LogP contribution in [0.5, 0.6) is 11.5 Å². The molecule has 5 heterocycles. The van der Waals surface area contributed by atoms with Gasteiger partial charge in [-0.15, -0.1) is 0 Å². The molecule has 516 valence electrons. The number of pyridine rings is 2. The van der Waals surface area contributed by atoms with Gasteiger partial charge in [0.2, 0.25) is 23.6 Å². The van der Waals surface area contributed by atoms with Crippen molar-refractivity contribution < 1.29 is 38.5 Å². The molecule has 0 radical (unpaired) electrons. The zero-order chi connectivity index (χ0) is 66.9. The van der Waals surface area contributed by atoms with Crippen LogP contribution in [0, 0.1) is 11.8 Å². The number of hydrogen-bond donors (Lipinski definition) is 4. The van der Waals surface area contributed by atoms with E-state index in [0.717, 1.165) is 150 Å². The van der Waals surface area contributed by atoms with E-state index >= 15 is 0 Å². The molecule has 16 heteroatoms. The highest BCUT2D eigenvalue weighted by Crippen LogP contribution is 2.27. The standard InChI is InChI=1S/C40H50N4O4.C28H39N3O2.C12H11NO2.CH4/c1-43(29-39(46)42-34(18-8-16-31-12-4-2-5-13-31)19-9-17-32-14-6-3-7-15-32)40(47)33-23-26-44(27-24-33)28-35(45)30-48-38-22-10-21-37-36(38)20-11-25-41-37;1-31(28(33)25-18-20-29-21-19-25)22-27(32)30-26(16-8-14-23-10-4-2-5-11-23)17-9-15-24-12-6-3-7-13-24;1-4-11-10(3-2-6-13-11)12(5-1)15-8-9-7-14-9;/h2-7,10-15,20-22,25,33-35,45H,8-9,16-19,23-24,26-30H2,1H3,(H,42,46);2-7,10-13,25-26,29H,8-9,14-22H2,1H3,(H,30,32);1-6,9H,7-8H2;1H4/t35-;;9-;/m1.1./s1. The first-order valence-electron chi connectivity index (χ1n) is 34.9. The van der Waals surface area contributed by atoms with Crippen LogP contribution in [0.1, 0.15) is 107 Å². The van der Waals surface area contributed by atoms with Gasteiger partial charge < -0.3 is 50.0 Å². The summed E-state index contributed by atoms with van der Waals surface area (Å²) >= 11 is 0. The van der Waals surface area contributed by atoms with E-state index in [0.29, 0.717) is 31.7 Å². The lowest BCUT2D eigenvalue weighted by molar-refractivity contribution is -0.139. The average molecular weight is 1320 g/mol. The fourth-order valence-corrected chi connectivity index (χ4v) is 12.8. The molecule has 2 atom stereocenters. The molecule has 2 aromatic heterocycles. The topological polar surface area (TPSA) is 191 Å². The summed E-state index contributed by atoms with van der Waals surface area (Å²) < 4.78 is 16.7. The molecule has 4 N–H and O–H groups in total. The Balaban J connectivity index is 0.000000210. The van der Waals surface area contributed by atoms with Gasteiger partial charge in [0.25, 0.3) is 0 Å². The van der Waals surface area contributed by atoms with Crippen molar-refractivity contribution >= 4 is 45.4 Å². The number of aliphatic hydroxyl groups is 1. The van der Waals surface area contributed by atoms with Crippen LogP contribution in [0.4, 0.5) is 0 Å². The highest BCUT2D eigenvalue weighted by Gasteiger charge is 2.30. The number of carbonyl (C=O) groups is 4. The summed E-state index contributed by atoms with van der Waals surface area (Å²) in [7, 11) is 3.49. The van der Waals surface area contributed by atoms with Crippen LogP contribution >= 0.6 is 0 Å². The maximum absolute atomic E-state index is 13.3. The van der Waals surface area contributed by atoms with Crippen molar-refractivity contribution in [3.63, 3.8) is 0 Å². The molecule has 8 aromatic rings. The number of nitrogens with one attached hydrogen (secondary N) is 3. The molecule has 3 aliphatic rings. The van der Waals surface area contributed by atoms with Crippen LogP contribution in [-0.4, -0.2) is 157 Å². The first-order valence-corrected chi connectivity index (χ1v) is 34.9. The van der Waals surface area contributed by atoms with E-state index in [2.05, 4.69) is 128 Å². The number of amides is 4. The Morgan fingerprint density at radius 1 is 0.536 bits per heavy atom. The van der Waals surface area contributed by atoms with Gasteiger partial charge in [-0.25, -0.2) is 0 Å². The highest BCUT2D eigenvalue weighted by molar-refractivity contribution is 5.87. The molecule has 4 amide bonds. The summed E-state index contributed by atoms with van der Waals surface area (Å²) in [4.78, 5) is 66.0. The first kappa shape index (κ1) is 74.3. The lowest BCUT2D eigenvalue weighted by atomic mass is 9.95. The number of piperidine rings is 2. The number of likely N-dealkylation sites (tertiary alicyclic amines) is 1. The van der Waals surface area contributed by atoms with Crippen LogP contribution in [0.3, 0.4) is 0 Å². The molecule has 0 spiro atoms. The number of fused-ring (bicyclic) bond motifs is 2. The van der Waals surface area contributed by atoms with Gasteiger partial charge in [-0.2, -0.15) is 0 Å². The summed E-state index contributed by atoms with van der Waals surface area (Å²) in [6.45, 7) is 5.51. The number of aromatic nitrogens is 2. The first-order chi connectivity index (χ1) is 47.0. The maximum atomic E-state index is 13.3. The van der Waals surface area contributed by atoms with Crippen molar-refractivity contribution in [2.45, 2.75) is 134 Å². The maximum Gasteiger partial charge on any atom is 0.239 e. The predicted molar refractivity (Wildman–Crippen MR) is 388 cm³/mol. The lowest BCUT2D eigenvalue weighted by Crippen LogP contribution is -2.47. The summed E-state index contributed by atoms with van der Waals surface area (Å²) in [5.74, 6) is 1.47. The second kappa shape index (κ2) is 40.9. The summed E-state index contributed by atoms with van der Waals surface area (Å²) in [6.07, 6.45) is 18.0. The van der Waals surface area contributed by atoms with E-state index < -0.39 is 6.10 Å². The molecule has 3 saturated heterocycles. The van der Waals surface area contributed by atoms with Crippen molar-refractivity contribution in [3.05, 3.63) is 217 Å². The third-order valence-electron chi connectivity index (χ3n) is 18.3. The molecule has 0 saturated carbocycles. The number of β-amino-alcohol motifs (C(OH)–C–C–N with tert-alkyl or cyclic N) is 1. The molecular formula is C81H104N8O8. The minimum Gasteiger partial charge on any atom is -0.490 e. The van der Waals surface area contributed by atoms with Crippen LogP contribution in [0.25, 0.3) is 21.8 Å². The molecule has 97 heavy (non-hydrogen) atoms. The lowest BCUT2D eigenvalue weighted by Gasteiger charge is -2.34. The number of likely N-dealkylation sites (N-methyl/N-ethyl adjacent to an activating group) is 2. The number of ether oxygens (including phenoxy) is 3. The fourth-order valence-electron chi connectivity index (χ4n) is 12.8. The van der Waals surface area contributed by atoms with E-state index in [1.165, 1.54) is 22.3 Å². The summed E-state index contributed by atoms with van der Waals surface area (Å²) in [5, 5.41) is 22.4. The summed E-state index contributed by atoms with van der Waals surface area (Å²) in [6, 6.07) is 61.5. The molecule has 0 unspecified atom stereocenters. The van der Waals surface area contributed by atoms with E-state index in [-0.39, 0.29) is 80.8 Å². The second-order valence-corrected chi connectivity index (χ2v) is 25.9. The Bertz CT molecular complexity index is 3470. The van der Waals surface area contributed by atoms with Gasteiger partial charge in [0.15, 0.2) is 0 Å². The van der Waals surface area contributed by atoms with Crippen LogP contribution in [0.15, 0.2) is 194 Å².